The molecule has 1 aromatic heterocycles. The number of non-ortho nitro benzene ring substituents is 1. The Hall–Kier alpha value is -2.70. The van der Waals surface area contributed by atoms with Gasteiger partial charge in [-0.15, -0.1) is 0 Å². The highest BCUT2D eigenvalue weighted by Gasteiger charge is 2.21. The van der Waals surface area contributed by atoms with Gasteiger partial charge in [0.25, 0.3) is 5.69 Å². The van der Waals surface area contributed by atoms with Crippen LogP contribution in [0.3, 0.4) is 0 Å². The van der Waals surface area contributed by atoms with E-state index in [0.717, 1.165) is 0 Å². The number of hydrogen-bond donors (Lipinski definition) is 2. The number of aliphatic carboxylic acids is 1. The van der Waals surface area contributed by atoms with E-state index in [9.17, 15) is 14.9 Å². The van der Waals surface area contributed by atoms with Gasteiger partial charge in [-0.3, -0.25) is 19.9 Å². The van der Waals surface area contributed by atoms with E-state index in [2.05, 4.69) is 10.3 Å². The number of nitro benzene ring substituents is 1. The van der Waals surface area contributed by atoms with Gasteiger partial charge in [-0.25, -0.2) is 0 Å². The van der Waals surface area contributed by atoms with E-state index in [-0.39, 0.29) is 11.7 Å². The van der Waals surface area contributed by atoms with Crippen molar-refractivity contribution in [1.82, 2.24) is 4.98 Å². The number of aromatic nitrogens is 1. The summed E-state index contributed by atoms with van der Waals surface area (Å²) in [5.41, 5.74) is 0.626. The number of carboxylic acids is 1. The standard InChI is InChI=1S/C14H15N3O4/c1-8(14(18)19)9(2)16-12-3-4-13(17(20)21)11-7-15-6-5-10(11)12/h3-9,16H,1-2H3,(H,18,19). The monoisotopic (exact) mass is 289 g/mol. The van der Waals surface area contributed by atoms with Gasteiger partial charge in [0.1, 0.15) is 0 Å². The van der Waals surface area contributed by atoms with Crippen molar-refractivity contribution in [2.24, 2.45) is 5.92 Å². The number of anilines is 1. The third-order valence-electron chi connectivity index (χ3n) is 3.51. The lowest BCUT2D eigenvalue weighted by Gasteiger charge is -2.20. The summed E-state index contributed by atoms with van der Waals surface area (Å²) in [6, 6.07) is 4.33. The molecule has 0 amide bonds. The molecule has 2 atom stereocenters. The third-order valence-corrected chi connectivity index (χ3v) is 3.51. The summed E-state index contributed by atoms with van der Waals surface area (Å²) in [5.74, 6) is -1.49. The van der Waals surface area contributed by atoms with Crippen molar-refractivity contribution in [3.05, 3.63) is 40.7 Å². The molecule has 0 fully saturated rings. The van der Waals surface area contributed by atoms with Crippen molar-refractivity contribution in [3.8, 4) is 0 Å². The fourth-order valence-electron chi connectivity index (χ4n) is 2.04. The van der Waals surface area contributed by atoms with Crippen LogP contribution in [0.15, 0.2) is 30.6 Å². The average molecular weight is 289 g/mol. The number of fused-ring (bicyclic) bond motifs is 1. The predicted molar refractivity (Wildman–Crippen MR) is 78.3 cm³/mol. The van der Waals surface area contributed by atoms with E-state index < -0.39 is 16.8 Å². The number of benzene rings is 1. The van der Waals surface area contributed by atoms with Crippen LogP contribution >= 0.6 is 0 Å². The lowest BCUT2D eigenvalue weighted by Crippen LogP contribution is -2.29. The largest absolute Gasteiger partial charge is 0.481 e. The molecule has 0 saturated heterocycles. The Kier molecular flexibility index (Phi) is 4.02. The normalized spacial score (nSPS) is 13.6. The number of nitro groups is 1. The number of pyridine rings is 1. The van der Waals surface area contributed by atoms with Crippen LogP contribution < -0.4 is 5.32 Å². The van der Waals surface area contributed by atoms with E-state index in [0.29, 0.717) is 16.5 Å². The number of rotatable bonds is 5. The third kappa shape index (κ3) is 2.91. The smallest absolute Gasteiger partial charge is 0.308 e. The maximum Gasteiger partial charge on any atom is 0.308 e. The minimum Gasteiger partial charge on any atom is -0.481 e. The molecule has 0 radical (unpaired) electrons. The Morgan fingerprint density at radius 1 is 1.33 bits per heavy atom. The number of nitrogens with one attached hydrogen (secondary N) is 1. The van der Waals surface area contributed by atoms with Gasteiger partial charge in [0.15, 0.2) is 0 Å². The topological polar surface area (TPSA) is 105 Å². The molecule has 2 rings (SSSR count). The Labute approximate surface area is 120 Å². The fraction of sp³-hybridized carbons (Fsp3) is 0.286. The zero-order chi connectivity index (χ0) is 15.6. The van der Waals surface area contributed by atoms with E-state index in [1.165, 1.54) is 12.3 Å². The molecule has 1 heterocycles. The summed E-state index contributed by atoms with van der Waals surface area (Å²) in [6.45, 7) is 3.36. The van der Waals surface area contributed by atoms with Gasteiger partial charge >= 0.3 is 5.97 Å². The first-order valence-electron chi connectivity index (χ1n) is 6.42. The second kappa shape index (κ2) is 5.74. The van der Waals surface area contributed by atoms with Gasteiger partial charge in [0.05, 0.1) is 16.2 Å². The minimum atomic E-state index is -0.900. The molecule has 1 aromatic carbocycles. The van der Waals surface area contributed by atoms with Crippen LogP contribution in [0.1, 0.15) is 13.8 Å². The lowest BCUT2D eigenvalue weighted by molar-refractivity contribution is -0.383. The molecule has 0 aliphatic heterocycles. The highest BCUT2D eigenvalue weighted by Crippen LogP contribution is 2.31. The number of carboxylic acid groups (broad SMARTS) is 1. The first kappa shape index (κ1) is 14.7. The average Bonchev–Trinajstić information content (AvgIpc) is 2.46. The maximum absolute atomic E-state index is 11.0. The molecule has 0 aliphatic carbocycles. The summed E-state index contributed by atoms with van der Waals surface area (Å²) in [6.07, 6.45) is 2.98. The van der Waals surface area contributed by atoms with Crippen molar-refractivity contribution in [1.29, 1.82) is 0 Å². The van der Waals surface area contributed by atoms with Crippen LogP contribution in [0.25, 0.3) is 10.8 Å². The van der Waals surface area contributed by atoms with Gasteiger partial charge < -0.3 is 10.4 Å². The fourth-order valence-corrected chi connectivity index (χ4v) is 2.04. The van der Waals surface area contributed by atoms with Crippen LogP contribution in [-0.4, -0.2) is 27.0 Å². The molecule has 7 nitrogen and oxygen atoms in total. The van der Waals surface area contributed by atoms with Gasteiger partial charge in [-0.1, -0.05) is 0 Å². The highest BCUT2D eigenvalue weighted by molar-refractivity contribution is 5.99. The predicted octanol–water partition coefficient (Wildman–Crippen LogP) is 2.66. The van der Waals surface area contributed by atoms with Crippen molar-refractivity contribution in [2.75, 3.05) is 5.32 Å². The first-order chi connectivity index (χ1) is 9.91. The first-order valence-corrected chi connectivity index (χ1v) is 6.42. The molecule has 2 N–H and O–H groups in total. The van der Waals surface area contributed by atoms with Crippen LogP contribution in [0, 0.1) is 16.0 Å². The number of nitrogens with zero attached hydrogens (tertiary/aromatic N) is 2. The van der Waals surface area contributed by atoms with E-state index in [4.69, 9.17) is 5.11 Å². The Bertz CT molecular complexity index is 702. The van der Waals surface area contributed by atoms with Gasteiger partial charge in [-0.2, -0.15) is 0 Å². The minimum absolute atomic E-state index is 0.0254. The molecular formula is C14H15N3O4. The molecule has 2 unspecified atom stereocenters. The molecule has 2 aromatic rings. The van der Waals surface area contributed by atoms with Crippen molar-refractivity contribution in [3.63, 3.8) is 0 Å². The van der Waals surface area contributed by atoms with Crippen molar-refractivity contribution < 1.29 is 14.8 Å². The van der Waals surface area contributed by atoms with Crippen molar-refractivity contribution >= 4 is 28.1 Å². The Morgan fingerprint density at radius 3 is 2.67 bits per heavy atom. The Morgan fingerprint density at radius 2 is 2.05 bits per heavy atom. The van der Waals surface area contributed by atoms with Gasteiger partial charge in [0, 0.05) is 35.6 Å². The highest BCUT2D eigenvalue weighted by atomic mass is 16.6. The molecule has 110 valence electrons. The number of hydrogen-bond acceptors (Lipinski definition) is 5. The van der Waals surface area contributed by atoms with Gasteiger partial charge in [0.2, 0.25) is 0 Å². The van der Waals surface area contributed by atoms with E-state index >= 15 is 0 Å². The van der Waals surface area contributed by atoms with Crippen LogP contribution in [0.2, 0.25) is 0 Å². The Balaban J connectivity index is 2.44. The molecule has 0 spiro atoms. The second-order valence-corrected chi connectivity index (χ2v) is 4.87. The van der Waals surface area contributed by atoms with Crippen LogP contribution in [0.4, 0.5) is 11.4 Å². The maximum atomic E-state index is 11.0. The molecular weight excluding hydrogens is 274 g/mol. The quantitative estimate of drug-likeness (QED) is 0.647. The summed E-state index contributed by atoms with van der Waals surface area (Å²) < 4.78 is 0. The van der Waals surface area contributed by atoms with Gasteiger partial charge in [-0.05, 0) is 26.0 Å². The lowest BCUT2D eigenvalue weighted by atomic mass is 10.0. The summed E-state index contributed by atoms with van der Waals surface area (Å²) >= 11 is 0. The second-order valence-electron chi connectivity index (χ2n) is 4.87. The summed E-state index contributed by atoms with van der Waals surface area (Å²) in [4.78, 5) is 25.5. The van der Waals surface area contributed by atoms with Crippen LogP contribution in [-0.2, 0) is 4.79 Å². The molecule has 0 saturated carbocycles. The molecule has 0 aliphatic rings. The molecule has 21 heavy (non-hydrogen) atoms. The summed E-state index contributed by atoms with van der Waals surface area (Å²) in [7, 11) is 0. The zero-order valence-corrected chi connectivity index (χ0v) is 11.6. The van der Waals surface area contributed by atoms with Crippen LogP contribution in [0.5, 0.6) is 0 Å². The zero-order valence-electron chi connectivity index (χ0n) is 11.6. The SMILES string of the molecule is CC(Nc1ccc([N+](=O)[O-])c2cnccc12)C(C)C(=O)O. The van der Waals surface area contributed by atoms with E-state index in [1.807, 2.05) is 0 Å². The van der Waals surface area contributed by atoms with E-state index in [1.54, 1.807) is 32.2 Å². The molecule has 7 heteroatoms. The molecule has 0 bridgehead atoms. The number of carbonyl (C=O) groups is 1. The summed E-state index contributed by atoms with van der Waals surface area (Å²) in [5, 5.41) is 24.2. The van der Waals surface area contributed by atoms with Crippen molar-refractivity contribution in [2.45, 2.75) is 19.9 Å².